The van der Waals surface area contributed by atoms with Gasteiger partial charge in [0.15, 0.2) is 0 Å². The number of hydrogen-bond donors (Lipinski definition) is 0. The summed E-state index contributed by atoms with van der Waals surface area (Å²) in [5.41, 5.74) is 18.0. The van der Waals surface area contributed by atoms with E-state index in [1.54, 1.807) is 6.92 Å². The van der Waals surface area contributed by atoms with Crippen LogP contribution in [0.1, 0.15) is 335 Å². The minimum atomic E-state index is -0.461. The molecule has 2 N–H and O–H groups in total. The van der Waals surface area contributed by atoms with Gasteiger partial charge in [-0.15, -0.1) is 5.52 Å². The van der Waals surface area contributed by atoms with Crippen LogP contribution in [0.2, 0.25) is 0 Å². The van der Waals surface area contributed by atoms with E-state index >= 15 is 0 Å². The molecular formula is C74H149N5O2W64-4. The van der Waals surface area contributed by atoms with Gasteiger partial charge in [0.2, 0.25) is 0 Å². The molecule has 4 rings (SSSR count). The van der Waals surface area contributed by atoms with Crippen LogP contribution in [0.15, 0.2) is 77.6 Å². The monoisotopic (exact) mass is 12900 g/mol. The average Bonchev–Trinajstić information content (AvgIpc) is 1.70. The van der Waals surface area contributed by atoms with Gasteiger partial charge in [0, 0.05) is 1380 Å². The summed E-state index contributed by atoms with van der Waals surface area (Å²) in [5, 5.41) is 9.57. The molecule has 0 aliphatic carbocycles. The van der Waals surface area contributed by atoms with Crippen LogP contribution in [0.4, 0.5) is 0 Å². The number of para-hydroxylation sites is 1. The molecule has 2 heterocycles. The third kappa shape index (κ3) is 648. The maximum absolute atomic E-state index is 10.0. The maximum atomic E-state index is 10.0. The first kappa shape index (κ1) is 527. The van der Waals surface area contributed by atoms with Crippen molar-refractivity contribution in [3.63, 3.8) is 0 Å². The summed E-state index contributed by atoms with van der Waals surface area (Å²) in [4.78, 5) is 28.1. The van der Waals surface area contributed by atoms with Crippen LogP contribution in [-0.4, -0.2) is 23.7 Å². The number of ketones is 1. The van der Waals surface area contributed by atoms with E-state index in [4.69, 9.17) is 16.9 Å². The van der Waals surface area contributed by atoms with Crippen molar-refractivity contribution < 1.29 is 1360 Å². The Morgan fingerprint density at radius 2 is 0.510 bits per heavy atom. The first-order valence-electron chi connectivity index (χ1n) is 33.0. The van der Waals surface area contributed by atoms with Crippen molar-refractivity contribution in [1.29, 1.82) is 0 Å². The molecule has 870 valence electrons. The topological polar surface area (TPSA) is 130 Å². The van der Waals surface area contributed by atoms with Crippen LogP contribution in [0.5, 0.6) is 0 Å². The Balaban J connectivity index is -0.00000000465. The number of aryl methyl sites for hydroxylation is 2. The molecule has 1 aliphatic rings. The maximum Gasteiger partial charge on any atom is 0.129 e. The zero-order valence-electron chi connectivity index (χ0n) is 87.0. The molecule has 0 spiro atoms. The molecular weight excluding hydrogens is 12800 g/mol. The third-order valence-corrected chi connectivity index (χ3v) is 8.80. The van der Waals surface area contributed by atoms with Crippen LogP contribution in [0.3, 0.4) is 0 Å². The van der Waals surface area contributed by atoms with Crippen molar-refractivity contribution in [3.8, 4) is 0 Å². The molecule has 0 fully saturated rings. The van der Waals surface area contributed by atoms with E-state index in [1.165, 1.54) is 73.6 Å². The minimum Gasteiger partial charge on any atom is -0.828 e. The number of unbranched alkanes of at least 4 members (excludes halogenated alkanes) is 3. The molecule has 0 saturated heterocycles. The van der Waals surface area contributed by atoms with Crippen molar-refractivity contribution in [3.05, 3.63) is 101 Å². The van der Waals surface area contributed by atoms with E-state index in [0.717, 1.165) is 87.0 Å². The summed E-state index contributed by atoms with van der Waals surface area (Å²) in [7, 11) is 0. The Morgan fingerprint density at radius 1 is 0.303 bits per heavy atom. The summed E-state index contributed by atoms with van der Waals surface area (Å²) in [6.07, 6.45) is 26.2. The standard InChI is InChI=1S/C10H10N.C8H10.C6H9N.C5H10N2.C5H10O.2C5H12.C4H9NO.4C4H10.2C3H8.2C2H6.64W/c1-2-8-7-11-10-6-4-3-5-9(8)10;1-2-8-6-4-3-5-7-8;1-2-6-4-3-5-7-6;1-2-3-4-5(6)7;1-3-4-5(2)6;2*1-4-5(2)3;1-2-3-4(5)6;2*1-4(2)3;2*1-3-4-2;2*1-3-2;2*1-2;;;;;;;;;;;;;;;;;;;;;;;;;;;;;;;;;;;;;;;;;;;;;;;;;;;;;;;;;;;;;;;;/h3-7H,2H2,1H3;3-7H,2H2,1H3;4-5H,2-3H2,1H3;2-4H2,1H3,(H-2,6,7);3-4H2,1-2H3;2*5H,4H2,1-3H3;2-3H2,1H3,(H2,5,6);2*4H,1-3H3;2*3-4H2,1-2H3;2*3H2,1-2H3;2*1-2H3;;;;;;;;;;;;;;;;;;;;;;;;;;;;;;;;;;;;;;;;;;;;;;;;;;;;;;;;;;;;;;;;/q-1;;;-2;;;;;;;;;;;;;;;;;;;;;;;;;;;;;;;;;;;;;;;;;;;;;;;;;;;;;;;;;;;;;;;;;;;;;;;;;;;;/p-1. The molecule has 0 bridgehead atoms. The predicted molar refractivity (Wildman–Crippen MR) is 383 cm³/mol. The second kappa shape index (κ2) is 519. The fraction of sp³-hybridized carbons (Fsp3) is 0.730. The summed E-state index contributed by atoms with van der Waals surface area (Å²) >= 11 is 0. The zero-order chi connectivity index (χ0) is 66.3. The fourth-order valence-corrected chi connectivity index (χ4v) is 3.64. The molecule has 1 amide bonds. The summed E-state index contributed by atoms with van der Waals surface area (Å²) < 4.78 is 0. The molecule has 3 aromatic rings. The fourth-order valence-electron chi connectivity index (χ4n) is 3.64. The van der Waals surface area contributed by atoms with E-state index in [2.05, 4.69) is 218 Å². The molecule has 0 atom stereocenters. The Hall–Kier alpha value is 40.1. The molecule has 2 aromatic carbocycles. The van der Waals surface area contributed by atoms with Gasteiger partial charge in [-0.1, -0.05) is 351 Å². The van der Waals surface area contributed by atoms with Gasteiger partial charge in [0.25, 0.3) is 0 Å². The second-order valence-corrected chi connectivity index (χ2v) is 20.7. The third-order valence-electron chi connectivity index (χ3n) is 8.80. The van der Waals surface area contributed by atoms with Gasteiger partial charge in [-0.2, -0.15) is 6.20 Å². The van der Waals surface area contributed by atoms with Gasteiger partial charge in [-0.25, -0.2) is 0 Å². The Labute approximate surface area is 1820 Å². The molecule has 145 heavy (non-hydrogen) atoms. The van der Waals surface area contributed by atoms with Crippen LogP contribution >= 0.6 is 0 Å². The van der Waals surface area contributed by atoms with Gasteiger partial charge in [-0.3, -0.25) is 4.99 Å². The molecule has 0 unspecified atom stereocenters. The minimum absolute atomic E-state index is 0. The number of amidine groups is 1. The number of hydrogen-bond acceptors (Lipinski definition) is 3. The Bertz CT molecular complexity index is 1650. The van der Waals surface area contributed by atoms with Crippen LogP contribution in [0.25, 0.3) is 27.8 Å². The van der Waals surface area contributed by atoms with E-state index < -0.39 is 5.91 Å². The number of allylic oxidation sites excluding steroid dienone is 2. The van der Waals surface area contributed by atoms with Crippen LogP contribution in [0, 0.1) is 23.7 Å². The van der Waals surface area contributed by atoms with Crippen molar-refractivity contribution in [2.45, 2.75) is 337 Å². The summed E-state index contributed by atoms with van der Waals surface area (Å²) in [6, 6.07) is 18.7. The van der Waals surface area contributed by atoms with E-state index in [-0.39, 0.29) is 1360 Å². The number of aromatic nitrogens is 1. The number of amides is 1. The van der Waals surface area contributed by atoms with Gasteiger partial charge >= 0.3 is 0 Å². The molecule has 0 radical (unpaired) electrons. The largest absolute Gasteiger partial charge is 0.828 e. The van der Waals surface area contributed by atoms with E-state index in [1.807, 2.05) is 73.0 Å². The molecule has 71 heteroatoms. The number of fused-ring (bicyclic) bond motifs is 1. The quantitative estimate of drug-likeness (QED) is 0.118. The summed E-state index contributed by atoms with van der Waals surface area (Å²) in [5.74, 6) is 3.07. The SMILES string of the molecule is CC.CC.CC(C)C.CC(C)C.CCC.CCC.CCC(C)C.CCC(C)C.CCC1=CCC=N1.CCCC.CCCC.CCCC(C)=O.CCCC([NH-])=O.CCCCC(=[N-])[NH-].CCc1c[n-]c2ccccc12.CCc1ccccc1.[W].[W].[W].[W].[W].[W].[W].[W].[W].[W].[W].[W].[W].[W].[W].[W].[W].[W].[W].[W].[W].[W].[W].[W].[W].[W].[W].[W].[W].[W].[W].[W].[W].[W].[W].[W].[W].[W].[W].[W].[W].[W].[W].[W].[W].[W].[W].[W].[W].[W].[W].[W].[W].[W].[W].[W].[W].[W].[W].[W].[W].[W].[W].[W]. The molecule has 1 aliphatic heterocycles. The van der Waals surface area contributed by atoms with E-state index in [0.29, 0.717) is 12.8 Å². The zero-order valence-corrected chi connectivity index (χ0v) is 275. The van der Waals surface area contributed by atoms with Crippen LogP contribution in [-0.2, 0) is 1370 Å². The number of carbonyl (C=O) groups is 2. The summed E-state index contributed by atoms with van der Waals surface area (Å²) in [6.45, 7) is 65.5. The van der Waals surface area contributed by atoms with Gasteiger partial charge < -0.3 is 37.3 Å². The normalized spacial score (nSPS) is 5.17. The molecule has 0 saturated carbocycles. The number of carbonyl (C=O) groups excluding carboxylic acids is 2. The number of Topliss-reactive ketones (excluding diaryl/α,β-unsaturated/α-hetero) is 1. The van der Waals surface area contributed by atoms with Crippen molar-refractivity contribution in [1.82, 2.24) is 4.98 Å². The van der Waals surface area contributed by atoms with Crippen molar-refractivity contribution >= 4 is 34.6 Å². The number of benzene rings is 2. The number of aliphatic imine (C=N–C) groups is 1. The number of nitrogens with one attached hydrogen (secondary N) is 2. The first-order valence-corrected chi connectivity index (χ1v) is 33.0. The van der Waals surface area contributed by atoms with Gasteiger partial charge in [0.1, 0.15) is 5.78 Å². The first-order chi connectivity index (χ1) is 38.2. The van der Waals surface area contributed by atoms with Crippen LogP contribution < -0.4 is 4.98 Å². The van der Waals surface area contributed by atoms with Gasteiger partial charge in [-0.05, 0) is 73.6 Å². The predicted octanol–water partition coefficient (Wildman–Crippen LogP) is 27.1. The Kier molecular flexibility index (Phi) is 1890. The van der Waals surface area contributed by atoms with Crippen molar-refractivity contribution in [2.24, 2.45) is 28.7 Å². The van der Waals surface area contributed by atoms with E-state index in [9.17, 15) is 9.59 Å². The number of rotatable bonds is 14. The molecule has 1 aromatic heterocycles. The second-order valence-electron chi connectivity index (χ2n) is 20.7. The van der Waals surface area contributed by atoms with Gasteiger partial charge in [0.05, 0.1) is 0 Å². The van der Waals surface area contributed by atoms with Crippen molar-refractivity contribution in [2.75, 3.05) is 0 Å². The Morgan fingerprint density at radius 3 is 0.614 bits per heavy atom. The molecule has 7 nitrogen and oxygen atoms in total. The average molecular weight is 12900 g/mol. The smallest absolute Gasteiger partial charge is 0.129 e. The number of nitrogens with zero attached hydrogens (tertiary/aromatic N) is 3.